The van der Waals surface area contributed by atoms with Crippen molar-refractivity contribution in [1.82, 2.24) is 5.01 Å². The van der Waals surface area contributed by atoms with Crippen molar-refractivity contribution >= 4 is 11.6 Å². The van der Waals surface area contributed by atoms with Gasteiger partial charge < -0.3 is 14.3 Å². The first kappa shape index (κ1) is 16.2. The van der Waals surface area contributed by atoms with E-state index in [9.17, 15) is 4.79 Å². The quantitative estimate of drug-likeness (QED) is 0.666. The molecule has 1 aliphatic carbocycles. The van der Waals surface area contributed by atoms with Crippen LogP contribution in [0.5, 0.6) is 11.5 Å². The van der Waals surface area contributed by atoms with Gasteiger partial charge in [0, 0.05) is 24.9 Å². The third-order valence-corrected chi connectivity index (χ3v) is 5.28. The van der Waals surface area contributed by atoms with Crippen LogP contribution in [0, 0.1) is 0 Å². The lowest BCUT2D eigenvalue weighted by atomic mass is 9.93. The monoisotopic (exact) mass is 345 g/mol. The van der Waals surface area contributed by atoms with E-state index in [0.29, 0.717) is 30.9 Å². The van der Waals surface area contributed by atoms with Gasteiger partial charge in [-0.1, -0.05) is 5.16 Å². The third kappa shape index (κ3) is 2.82. The highest BCUT2D eigenvalue weighted by Gasteiger charge is 2.52. The molecule has 2 heterocycles. The van der Waals surface area contributed by atoms with E-state index in [2.05, 4.69) is 5.16 Å². The van der Waals surface area contributed by atoms with E-state index in [4.69, 9.17) is 20.2 Å². The van der Waals surface area contributed by atoms with Gasteiger partial charge in [-0.3, -0.25) is 9.80 Å². The number of amides is 1. The van der Waals surface area contributed by atoms with Gasteiger partial charge in [0.15, 0.2) is 11.5 Å². The summed E-state index contributed by atoms with van der Waals surface area (Å²) < 4.78 is 11.6. The fourth-order valence-electron chi connectivity index (χ4n) is 3.79. The minimum Gasteiger partial charge on any atom is -0.493 e. The van der Waals surface area contributed by atoms with Crippen LogP contribution in [0.4, 0.5) is 0 Å². The van der Waals surface area contributed by atoms with Crippen molar-refractivity contribution < 1.29 is 19.1 Å². The Morgan fingerprint density at radius 1 is 1.32 bits per heavy atom. The highest BCUT2D eigenvalue weighted by Crippen LogP contribution is 2.38. The molecule has 0 radical (unpaired) electrons. The molecular weight excluding hydrogens is 322 g/mol. The lowest BCUT2D eigenvalue weighted by Crippen LogP contribution is -2.43. The van der Waals surface area contributed by atoms with Crippen LogP contribution in [0.2, 0.25) is 0 Å². The van der Waals surface area contributed by atoms with Crippen LogP contribution in [0.1, 0.15) is 44.1 Å². The normalized spacial score (nSPS) is 26.2. The number of rotatable bonds is 4. The summed E-state index contributed by atoms with van der Waals surface area (Å²) in [6, 6.07) is 5.72. The summed E-state index contributed by atoms with van der Waals surface area (Å²) in [7, 11) is 1.63. The molecule has 1 aromatic rings. The van der Waals surface area contributed by atoms with Gasteiger partial charge in [0.25, 0.3) is 5.91 Å². The lowest BCUT2D eigenvalue weighted by molar-refractivity contribution is -0.146. The molecule has 0 aromatic heterocycles. The van der Waals surface area contributed by atoms with Crippen LogP contribution in [-0.2, 0) is 9.63 Å². The number of carbonyl (C=O) groups excluding carboxylic acids is 1. The van der Waals surface area contributed by atoms with Gasteiger partial charge in [0.1, 0.15) is 0 Å². The van der Waals surface area contributed by atoms with Gasteiger partial charge in [0.2, 0.25) is 5.60 Å². The minimum absolute atomic E-state index is 0.206. The molecule has 1 atom stereocenters. The lowest BCUT2D eigenvalue weighted by Gasteiger charge is -2.18. The number of nitrogens with two attached hydrogens (primary N) is 1. The number of oxime groups is 1. The van der Waals surface area contributed by atoms with Crippen LogP contribution in [0.15, 0.2) is 23.4 Å². The van der Waals surface area contributed by atoms with E-state index >= 15 is 0 Å². The molecule has 25 heavy (non-hydrogen) atoms. The molecule has 7 heteroatoms. The molecule has 1 amide bonds. The highest BCUT2D eigenvalue weighted by molar-refractivity contribution is 6.06. The van der Waals surface area contributed by atoms with E-state index in [1.165, 1.54) is 17.9 Å². The zero-order valence-electron chi connectivity index (χ0n) is 14.4. The summed E-state index contributed by atoms with van der Waals surface area (Å²) in [5, 5.41) is 5.38. The minimum atomic E-state index is -0.934. The summed E-state index contributed by atoms with van der Waals surface area (Å²) in [5.41, 5.74) is 0.688. The van der Waals surface area contributed by atoms with Gasteiger partial charge in [-0.15, -0.1) is 0 Å². The van der Waals surface area contributed by atoms with E-state index < -0.39 is 5.60 Å². The number of benzene rings is 1. The van der Waals surface area contributed by atoms with Gasteiger partial charge >= 0.3 is 0 Å². The molecular formula is C18H23N3O4. The van der Waals surface area contributed by atoms with Crippen molar-refractivity contribution in [3.63, 3.8) is 0 Å². The van der Waals surface area contributed by atoms with Gasteiger partial charge in [0.05, 0.1) is 18.9 Å². The van der Waals surface area contributed by atoms with Crippen molar-refractivity contribution in [2.24, 2.45) is 11.0 Å². The van der Waals surface area contributed by atoms with Crippen molar-refractivity contribution in [2.75, 3.05) is 13.7 Å². The molecule has 4 rings (SSSR count). The van der Waals surface area contributed by atoms with Crippen molar-refractivity contribution in [3.05, 3.63) is 23.8 Å². The maximum Gasteiger partial charge on any atom is 0.283 e. The van der Waals surface area contributed by atoms with Crippen LogP contribution in [0.3, 0.4) is 0 Å². The largest absolute Gasteiger partial charge is 0.493 e. The van der Waals surface area contributed by atoms with E-state index in [1.54, 1.807) is 7.11 Å². The van der Waals surface area contributed by atoms with Crippen LogP contribution in [0.25, 0.3) is 0 Å². The summed E-state index contributed by atoms with van der Waals surface area (Å²) >= 11 is 0. The van der Waals surface area contributed by atoms with Crippen molar-refractivity contribution in [1.29, 1.82) is 0 Å². The maximum atomic E-state index is 12.3. The number of hydrazine groups is 1. The van der Waals surface area contributed by atoms with Crippen molar-refractivity contribution in [3.8, 4) is 11.5 Å². The first-order valence-electron chi connectivity index (χ1n) is 8.78. The highest BCUT2D eigenvalue weighted by atomic mass is 16.7. The molecule has 2 fully saturated rings. The summed E-state index contributed by atoms with van der Waals surface area (Å²) in [6.07, 6.45) is 5.76. The molecule has 1 saturated carbocycles. The summed E-state index contributed by atoms with van der Waals surface area (Å²) in [6.45, 7) is 0.486. The fourth-order valence-corrected chi connectivity index (χ4v) is 3.79. The van der Waals surface area contributed by atoms with E-state index in [1.807, 2.05) is 18.2 Å². The number of methoxy groups -OCH3 is 1. The molecule has 0 bridgehead atoms. The SMILES string of the molecule is COc1ccc(C2=NOC3(CCN(N)C3=O)C2)cc1OC1CCCC1. The Labute approximate surface area is 146 Å². The molecule has 2 N–H and O–H groups in total. The number of hydrogen-bond acceptors (Lipinski definition) is 6. The Hall–Kier alpha value is -2.28. The van der Waals surface area contributed by atoms with Crippen LogP contribution in [-0.4, -0.2) is 42.0 Å². The predicted octanol–water partition coefficient (Wildman–Crippen LogP) is 1.99. The Bertz CT molecular complexity index is 714. The van der Waals surface area contributed by atoms with Crippen LogP contribution >= 0.6 is 0 Å². The average Bonchev–Trinajstić information content (AvgIpc) is 3.34. The number of carbonyl (C=O) groups is 1. The van der Waals surface area contributed by atoms with Gasteiger partial charge in [-0.2, -0.15) is 0 Å². The summed E-state index contributed by atoms with van der Waals surface area (Å²) in [5.74, 6) is 6.90. The Kier molecular flexibility index (Phi) is 4.03. The van der Waals surface area contributed by atoms with Crippen molar-refractivity contribution in [2.45, 2.75) is 50.2 Å². The van der Waals surface area contributed by atoms with Gasteiger partial charge in [-0.25, -0.2) is 5.84 Å². The first-order chi connectivity index (χ1) is 12.1. The third-order valence-electron chi connectivity index (χ3n) is 5.28. The fraction of sp³-hybridized carbons (Fsp3) is 0.556. The zero-order valence-corrected chi connectivity index (χ0v) is 14.4. The maximum absolute atomic E-state index is 12.3. The Morgan fingerprint density at radius 2 is 2.12 bits per heavy atom. The molecule has 1 unspecified atom stereocenters. The van der Waals surface area contributed by atoms with Gasteiger partial charge in [-0.05, 0) is 43.9 Å². The Morgan fingerprint density at radius 3 is 2.80 bits per heavy atom. The molecule has 3 aliphatic rings. The molecule has 1 spiro atoms. The molecule has 7 nitrogen and oxygen atoms in total. The van der Waals surface area contributed by atoms with E-state index in [0.717, 1.165) is 24.1 Å². The Balaban J connectivity index is 1.55. The molecule has 134 valence electrons. The molecule has 1 aromatic carbocycles. The second-order valence-electron chi connectivity index (χ2n) is 6.94. The second-order valence-corrected chi connectivity index (χ2v) is 6.94. The topological polar surface area (TPSA) is 86.4 Å². The molecule has 1 saturated heterocycles. The predicted molar refractivity (Wildman–Crippen MR) is 91.4 cm³/mol. The zero-order chi connectivity index (χ0) is 17.4. The first-order valence-corrected chi connectivity index (χ1v) is 8.78. The number of nitrogens with zero attached hydrogens (tertiary/aromatic N) is 2. The molecule has 2 aliphatic heterocycles. The average molecular weight is 345 g/mol. The van der Waals surface area contributed by atoms with E-state index in [-0.39, 0.29) is 12.0 Å². The summed E-state index contributed by atoms with van der Waals surface area (Å²) in [4.78, 5) is 17.8. The number of hydrogen-bond donors (Lipinski definition) is 1. The standard InChI is InChI=1S/C18H23N3O4/c1-23-15-7-6-12(10-16(15)24-13-4-2-3-5-13)14-11-18(25-20-14)8-9-21(19)17(18)22/h6-7,10,13H,2-5,8-9,11,19H2,1H3. The number of ether oxygens (including phenoxy) is 2. The smallest absolute Gasteiger partial charge is 0.283 e. The second kappa shape index (κ2) is 6.22. The van der Waals surface area contributed by atoms with Crippen LogP contribution < -0.4 is 15.3 Å².